The molecular formula is C15H18FN3O. The summed E-state index contributed by atoms with van der Waals surface area (Å²) in [4.78, 5) is 4.44. The van der Waals surface area contributed by atoms with Crippen molar-refractivity contribution in [1.29, 1.82) is 0 Å². The van der Waals surface area contributed by atoms with Crippen LogP contribution in [0.1, 0.15) is 43.2 Å². The molecule has 0 bridgehead atoms. The third-order valence-corrected chi connectivity index (χ3v) is 3.74. The van der Waals surface area contributed by atoms with Crippen LogP contribution in [0.5, 0.6) is 0 Å². The van der Waals surface area contributed by atoms with Crippen molar-refractivity contribution < 1.29 is 8.91 Å². The Morgan fingerprint density at radius 3 is 3.10 bits per heavy atom. The molecule has 0 amide bonds. The molecule has 1 saturated heterocycles. The van der Waals surface area contributed by atoms with E-state index in [2.05, 4.69) is 15.5 Å². The number of nitrogens with zero attached hydrogens (tertiary/aromatic N) is 2. The van der Waals surface area contributed by atoms with E-state index in [1.807, 2.05) is 6.92 Å². The second-order valence-corrected chi connectivity index (χ2v) is 5.27. The van der Waals surface area contributed by atoms with Crippen LogP contribution >= 0.6 is 0 Å². The van der Waals surface area contributed by atoms with Gasteiger partial charge in [0, 0.05) is 5.56 Å². The van der Waals surface area contributed by atoms with Crippen molar-refractivity contribution in [2.45, 2.75) is 38.6 Å². The van der Waals surface area contributed by atoms with Crippen LogP contribution in [0.3, 0.4) is 0 Å². The molecule has 20 heavy (non-hydrogen) atoms. The molecule has 3 rings (SSSR count). The number of benzene rings is 1. The van der Waals surface area contributed by atoms with E-state index in [1.54, 1.807) is 6.07 Å². The van der Waals surface area contributed by atoms with Gasteiger partial charge in [-0.1, -0.05) is 24.1 Å². The Morgan fingerprint density at radius 2 is 2.20 bits per heavy atom. The molecule has 2 aromatic rings. The summed E-state index contributed by atoms with van der Waals surface area (Å²) < 4.78 is 18.7. The highest BCUT2D eigenvalue weighted by atomic mass is 19.1. The Bertz CT molecular complexity index is 589. The largest absolute Gasteiger partial charge is 0.337 e. The van der Waals surface area contributed by atoms with Gasteiger partial charge in [0.2, 0.25) is 11.7 Å². The van der Waals surface area contributed by atoms with Crippen LogP contribution in [0.15, 0.2) is 22.7 Å². The molecular weight excluding hydrogens is 257 g/mol. The van der Waals surface area contributed by atoms with Crippen molar-refractivity contribution in [3.8, 4) is 11.4 Å². The molecule has 1 N–H and O–H groups in total. The topological polar surface area (TPSA) is 51.0 Å². The summed E-state index contributed by atoms with van der Waals surface area (Å²) in [6.07, 6.45) is 4.58. The first kappa shape index (κ1) is 13.2. The molecule has 4 nitrogen and oxygen atoms in total. The van der Waals surface area contributed by atoms with Gasteiger partial charge in [0.15, 0.2) is 0 Å². The molecule has 5 heteroatoms. The van der Waals surface area contributed by atoms with E-state index < -0.39 is 0 Å². The number of hydrogen-bond acceptors (Lipinski definition) is 4. The SMILES string of the molecule is Cc1ccc(F)cc1-c1noc(C2CCCCCN2)n1. The summed E-state index contributed by atoms with van der Waals surface area (Å²) in [5.74, 6) is 0.776. The van der Waals surface area contributed by atoms with Crippen molar-refractivity contribution in [3.05, 3.63) is 35.5 Å². The van der Waals surface area contributed by atoms with Gasteiger partial charge in [-0.25, -0.2) is 4.39 Å². The lowest BCUT2D eigenvalue weighted by molar-refractivity contribution is 0.327. The summed E-state index contributed by atoms with van der Waals surface area (Å²) in [7, 11) is 0. The van der Waals surface area contributed by atoms with E-state index in [-0.39, 0.29) is 11.9 Å². The number of aryl methyl sites for hydroxylation is 1. The molecule has 0 spiro atoms. The molecule has 1 aliphatic rings. The quantitative estimate of drug-likeness (QED) is 0.912. The highest BCUT2D eigenvalue weighted by Crippen LogP contribution is 2.26. The van der Waals surface area contributed by atoms with E-state index in [0.29, 0.717) is 17.3 Å². The Kier molecular flexibility index (Phi) is 3.78. The number of halogens is 1. The maximum absolute atomic E-state index is 13.3. The first-order valence-corrected chi connectivity index (χ1v) is 7.07. The molecule has 1 unspecified atom stereocenters. The zero-order valence-electron chi connectivity index (χ0n) is 11.5. The zero-order chi connectivity index (χ0) is 13.9. The standard InChI is InChI=1S/C15H18FN3O/c1-10-6-7-11(16)9-12(10)14-18-15(20-19-14)13-5-3-2-4-8-17-13/h6-7,9,13,17H,2-5,8H2,1H3. The second kappa shape index (κ2) is 5.71. The van der Waals surface area contributed by atoms with Crippen molar-refractivity contribution in [2.24, 2.45) is 0 Å². The summed E-state index contributed by atoms with van der Waals surface area (Å²) >= 11 is 0. The van der Waals surface area contributed by atoms with Crippen LogP contribution < -0.4 is 5.32 Å². The average Bonchev–Trinajstić information content (AvgIpc) is 2.77. The predicted molar refractivity (Wildman–Crippen MR) is 73.6 cm³/mol. The fraction of sp³-hybridized carbons (Fsp3) is 0.467. The lowest BCUT2D eigenvalue weighted by Gasteiger charge is -2.09. The minimum atomic E-state index is -0.287. The molecule has 1 aromatic carbocycles. The zero-order valence-corrected chi connectivity index (χ0v) is 11.5. The lowest BCUT2D eigenvalue weighted by Crippen LogP contribution is -2.20. The maximum Gasteiger partial charge on any atom is 0.244 e. The van der Waals surface area contributed by atoms with Gasteiger partial charge in [-0.3, -0.25) is 0 Å². The van der Waals surface area contributed by atoms with Crippen LogP contribution in [0, 0.1) is 12.7 Å². The maximum atomic E-state index is 13.3. The van der Waals surface area contributed by atoms with Gasteiger partial charge in [-0.05, 0) is 44.0 Å². The average molecular weight is 275 g/mol. The monoisotopic (exact) mass is 275 g/mol. The van der Waals surface area contributed by atoms with Gasteiger partial charge >= 0.3 is 0 Å². The van der Waals surface area contributed by atoms with Gasteiger partial charge in [0.1, 0.15) is 5.82 Å². The molecule has 0 saturated carbocycles. The molecule has 0 aliphatic carbocycles. The summed E-state index contributed by atoms with van der Waals surface area (Å²) in [6.45, 7) is 2.88. The Morgan fingerprint density at radius 1 is 1.30 bits per heavy atom. The van der Waals surface area contributed by atoms with Gasteiger partial charge in [-0.15, -0.1) is 0 Å². The molecule has 0 radical (unpaired) electrons. The third-order valence-electron chi connectivity index (χ3n) is 3.74. The lowest BCUT2D eigenvalue weighted by atomic mass is 10.1. The van der Waals surface area contributed by atoms with Gasteiger partial charge in [0.05, 0.1) is 6.04 Å². The normalized spacial score (nSPS) is 19.8. The second-order valence-electron chi connectivity index (χ2n) is 5.27. The van der Waals surface area contributed by atoms with E-state index >= 15 is 0 Å². The van der Waals surface area contributed by atoms with Crippen LogP contribution in [-0.4, -0.2) is 16.7 Å². The molecule has 1 aromatic heterocycles. The minimum Gasteiger partial charge on any atom is -0.337 e. The Balaban J connectivity index is 1.87. The van der Waals surface area contributed by atoms with Crippen molar-refractivity contribution in [2.75, 3.05) is 6.54 Å². The van der Waals surface area contributed by atoms with Gasteiger partial charge in [0.25, 0.3) is 0 Å². The smallest absolute Gasteiger partial charge is 0.244 e. The number of aromatic nitrogens is 2. The minimum absolute atomic E-state index is 0.118. The Hall–Kier alpha value is -1.75. The summed E-state index contributed by atoms with van der Waals surface area (Å²) in [5.41, 5.74) is 1.63. The molecule has 1 aliphatic heterocycles. The van der Waals surface area contributed by atoms with E-state index in [1.165, 1.54) is 25.0 Å². The fourth-order valence-electron chi connectivity index (χ4n) is 2.56. The highest BCUT2D eigenvalue weighted by Gasteiger charge is 2.21. The number of nitrogens with one attached hydrogen (secondary N) is 1. The van der Waals surface area contributed by atoms with Crippen molar-refractivity contribution in [3.63, 3.8) is 0 Å². The number of hydrogen-bond donors (Lipinski definition) is 1. The van der Waals surface area contributed by atoms with E-state index in [9.17, 15) is 4.39 Å². The van der Waals surface area contributed by atoms with Crippen molar-refractivity contribution >= 4 is 0 Å². The highest BCUT2D eigenvalue weighted by molar-refractivity contribution is 5.59. The summed E-state index contributed by atoms with van der Waals surface area (Å²) in [5, 5.41) is 7.42. The first-order chi connectivity index (χ1) is 9.74. The molecule has 1 fully saturated rings. The molecule has 2 heterocycles. The van der Waals surface area contributed by atoms with Gasteiger partial charge in [-0.2, -0.15) is 4.98 Å². The van der Waals surface area contributed by atoms with Crippen LogP contribution in [0.2, 0.25) is 0 Å². The van der Waals surface area contributed by atoms with E-state index in [4.69, 9.17) is 4.52 Å². The van der Waals surface area contributed by atoms with Crippen LogP contribution in [0.4, 0.5) is 4.39 Å². The Labute approximate surface area is 117 Å². The van der Waals surface area contributed by atoms with Gasteiger partial charge < -0.3 is 9.84 Å². The molecule has 106 valence electrons. The van der Waals surface area contributed by atoms with Crippen LogP contribution in [-0.2, 0) is 0 Å². The number of rotatable bonds is 2. The van der Waals surface area contributed by atoms with E-state index in [0.717, 1.165) is 24.9 Å². The molecule has 1 atom stereocenters. The van der Waals surface area contributed by atoms with Crippen molar-refractivity contribution in [1.82, 2.24) is 15.5 Å². The summed E-state index contributed by atoms with van der Waals surface area (Å²) in [6, 6.07) is 4.73. The predicted octanol–water partition coefficient (Wildman–Crippen LogP) is 3.39. The first-order valence-electron chi connectivity index (χ1n) is 7.07. The third kappa shape index (κ3) is 2.72. The fourth-order valence-corrected chi connectivity index (χ4v) is 2.56. The van der Waals surface area contributed by atoms with Crippen LogP contribution in [0.25, 0.3) is 11.4 Å².